The molecule has 0 unspecified atom stereocenters. The number of benzene rings is 3. The highest BCUT2D eigenvalue weighted by Gasteiger charge is 2.19. The minimum atomic E-state index is -4.68. The van der Waals surface area contributed by atoms with E-state index in [9.17, 15) is 9.36 Å². The molecule has 0 bridgehead atoms. The van der Waals surface area contributed by atoms with E-state index in [0.29, 0.717) is 17.2 Å². The summed E-state index contributed by atoms with van der Waals surface area (Å²) in [6.07, 6.45) is 9.23. The van der Waals surface area contributed by atoms with Gasteiger partial charge in [0.2, 0.25) is 0 Å². The zero-order valence-corrected chi connectivity index (χ0v) is 21.8. The second-order valence-corrected chi connectivity index (χ2v) is 10.8. The maximum atomic E-state index is 13.1. The fourth-order valence-electron chi connectivity index (χ4n) is 4.91. The number of carbonyl (C=O) groups excluding carboxylic acids is 1. The fraction of sp³-hybridized carbons (Fsp3) is 0.345. The number of hydrogen-bond acceptors (Lipinski definition) is 4. The highest BCUT2D eigenvalue weighted by atomic mass is 31.2. The smallest absolute Gasteiger partial charge is 0.404 e. The molecule has 7 nitrogen and oxygen atoms in total. The number of nitrogens with one attached hydrogen (secondary N) is 2. The van der Waals surface area contributed by atoms with Crippen LogP contribution in [0.15, 0.2) is 72.8 Å². The molecule has 4 rings (SSSR count). The summed E-state index contributed by atoms with van der Waals surface area (Å²) in [6.45, 7) is 0.852. The quantitative estimate of drug-likeness (QED) is 0.167. The molecule has 4 N–H and O–H groups in total. The normalized spacial score (nSPS) is 14.2. The van der Waals surface area contributed by atoms with Gasteiger partial charge in [0.15, 0.2) is 0 Å². The van der Waals surface area contributed by atoms with Crippen LogP contribution >= 0.6 is 7.82 Å². The van der Waals surface area contributed by atoms with Gasteiger partial charge in [0.05, 0.1) is 0 Å². The summed E-state index contributed by atoms with van der Waals surface area (Å²) in [7, 11) is -4.68. The maximum absolute atomic E-state index is 13.1. The average Bonchev–Trinajstić information content (AvgIpc) is 2.88. The Morgan fingerprint density at radius 2 is 1.73 bits per heavy atom. The van der Waals surface area contributed by atoms with E-state index in [0.717, 1.165) is 37.1 Å². The molecule has 0 spiro atoms. The molecule has 1 saturated carbocycles. The topological polar surface area (TPSA) is 108 Å². The Hall–Kier alpha value is -3.12. The van der Waals surface area contributed by atoms with Crippen molar-refractivity contribution in [2.45, 2.75) is 51.4 Å². The van der Waals surface area contributed by atoms with Gasteiger partial charge in [0, 0.05) is 29.5 Å². The molecule has 1 aliphatic carbocycles. The monoisotopic (exact) mass is 522 g/mol. The molecule has 1 amide bonds. The molecule has 0 radical (unpaired) electrons. The van der Waals surface area contributed by atoms with E-state index in [4.69, 9.17) is 9.79 Å². The van der Waals surface area contributed by atoms with Gasteiger partial charge in [-0.15, -0.1) is 0 Å². The van der Waals surface area contributed by atoms with Gasteiger partial charge in [-0.3, -0.25) is 14.6 Å². The standard InChI is InChI=1S/C29H35N2O5P/c32-29(31-26-14-7-15-27(21-26)36-37(33,34)35)24-16-17-28(25(20-24)19-23-11-5-2-6-12-23)30-18-8-13-22-9-3-1-4-10-22/h1,3-4,7,9-10,14-17,20-21,23,30H,2,5-6,8,11-13,18-19H2,(H,31,32)(H2,33,34,35). The second-order valence-electron chi connectivity index (χ2n) is 9.66. The van der Waals surface area contributed by atoms with E-state index in [1.165, 1.54) is 49.8 Å². The molecule has 3 aromatic carbocycles. The number of phosphoric acid groups is 1. The number of hydrogen-bond donors (Lipinski definition) is 4. The highest BCUT2D eigenvalue weighted by molar-refractivity contribution is 7.46. The summed E-state index contributed by atoms with van der Waals surface area (Å²) in [4.78, 5) is 31.1. The molecule has 0 aliphatic heterocycles. The zero-order valence-electron chi connectivity index (χ0n) is 20.9. The third-order valence-corrected chi connectivity index (χ3v) is 7.17. The Balaban J connectivity index is 1.44. The predicted molar refractivity (Wildman–Crippen MR) is 147 cm³/mol. The van der Waals surface area contributed by atoms with Crippen LogP contribution in [-0.4, -0.2) is 22.2 Å². The molecule has 0 saturated heterocycles. The minimum Gasteiger partial charge on any atom is -0.404 e. The Kier molecular flexibility index (Phi) is 9.40. The van der Waals surface area contributed by atoms with Gasteiger partial charge in [0.1, 0.15) is 5.75 Å². The number of phosphoric ester groups is 1. The van der Waals surface area contributed by atoms with E-state index in [1.807, 2.05) is 24.3 Å². The number of rotatable bonds is 11. The van der Waals surface area contributed by atoms with Crippen LogP contribution in [0.1, 0.15) is 60.0 Å². The number of anilines is 2. The van der Waals surface area contributed by atoms with Crippen LogP contribution in [0.2, 0.25) is 0 Å². The highest BCUT2D eigenvalue weighted by Crippen LogP contribution is 2.38. The molecule has 1 aliphatic rings. The van der Waals surface area contributed by atoms with Gasteiger partial charge in [-0.2, -0.15) is 0 Å². The third-order valence-electron chi connectivity index (χ3n) is 6.72. The van der Waals surface area contributed by atoms with Crippen LogP contribution < -0.4 is 15.2 Å². The number of carbonyl (C=O) groups is 1. The summed E-state index contributed by atoms with van der Waals surface area (Å²) < 4.78 is 15.8. The van der Waals surface area contributed by atoms with Crippen molar-refractivity contribution in [2.24, 2.45) is 5.92 Å². The molecule has 0 heterocycles. The van der Waals surface area contributed by atoms with Crippen molar-refractivity contribution in [3.8, 4) is 5.75 Å². The first kappa shape index (κ1) is 26.9. The van der Waals surface area contributed by atoms with Gasteiger partial charge in [0.25, 0.3) is 5.91 Å². The van der Waals surface area contributed by atoms with Crippen LogP contribution in [0, 0.1) is 5.92 Å². The molecule has 196 valence electrons. The SMILES string of the molecule is O=C(Nc1cccc(OP(=O)(O)O)c1)c1ccc(NCCCc2ccccc2)c(CC2CCCCC2)c1. The first-order chi connectivity index (χ1) is 17.9. The van der Waals surface area contributed by atoms with Crippen LogP contribution in [0.5, 0.6) is 5.75 Å². The van der Waals surface area contributed by atoms with Gasteiger partial charge < -0.3 is 15.2 Å². The van der Waals surface area contributed by atoms with Crippen molar-refractivity contribution < 1.29 is 23.7 Å². The predicted octanol–water partition coefficient (Wildman–Crippen LogP) is 6.58. The lowest BCUT2D eigenvalue weighted by atomic mass is 9.84. The first-order valence-corrected chi connectivity index (χ1v) is 14.5. The summed E-state index contributed by atoms with van der Waals surface area (Å²) in [5, 5.41) is 6.41. The summed E-state index contributed by atoms with van der Waals surface area (Å²) in [5.41, 5.74) is 4.49. The summed E-state index contributed by atoms with van der Waals surface area (Å²) >= 11 is 0. The minimum absolute atomic E-state index is 0.0147. The van der Waals surface area contributed by atoms with Crippen molar-refractivity contribution >= 4 is 25.1 Å². The zero-order chi connectivity index (χ0) is 26.1. The Morgan fingerprint density at radius 3 is 2.49 bits per heavy atom. The third kappa shape index (κ3) is 8.74. The van der Waals surface area contributed by atoms with E-state index in [-0.39, 0.29) is 11.7 Å². The van der Waals surface area contributed by atoms with Crippen molar-refractivity contribution in [1.82, 2.24) is 0 Å². The largest absolute Gasteiger partial charge is 0.524 e. The van der Waals surface area contributed by atoms with Crippen LogP contribution in [0.4, 0.5) is 11.4 Å². The van der Waals surface area contributed by atoms with Crippen molar-refractivity contribution in [2.75, 3.05) is 17.2 Å². The van der Waals surface area contributed by atoms with E-state index in [2.05, 4.69) is 39.4 Å². The lowest BCUT2D eigenvalue weighted by Gasteiger charge is -2.23. The van der Waals surface area contributed by atoms with Crippen molar-refractivity contribution in [3.63, 3.8) is 0 Å². The summed E-state index contributed by atoms with van der Waals surface area (Å²) in [6, 6.07) is 22.3. The summed E-state index contributed by atoms with van der Waals surface area (Å²) in [5.74, 6) is 0.325. The van der Waals surface area contributed by atoms with E-state index >= 15 is 0 Å². The van der Waals surface area contributed by atoms with Gasteiger partial charge in [-0.05, 0) is 66.6 Å². The first-order valence-electron chi connectivity index (χ1n) is 12.9. The lowest BCUT2D eigenvalue weighted by molar-refractivity contribution is 0.102. The molecular formula is C29H35N2O5P. The van der Waals surface area contributed by atoms with Crippen molar-refractivity contribution in [3.05, 3.63) is 89.5 Å². The second kappa shape index (κ2) is 12.9. The Morgan fingerprint density at radius 1 is 0.946 bits per heavy atom. The average molecular weight is 523 g/mol. The van der Waals surface area contributed by atoms with Gasteiger partial charge in [-0.1, -0.05) is 68.5 Å². The van der Waals surface area contributed by atoms with Gasteiger partial charge >= 0.3 is 7.82 Å². The van der Waals surface area contributed by atoms with E-state index in [1.54, 1.807) is 12.1 Å². The van der Waals surface area contributed by atoms with Crippen LogP contribution in [-0.2, 0) is 17.4 Å². The maximum Gasteiger partial charge on any atom is 0.524 e. The molecule has 0 aromatic heterocycles. The Bertz CT molecular complexity index is 1220. The molecule has 37 heavy (non-hydrogen) atoms. The number of aryl methyl sites for hydroxylation is 1. The molecule has 3 aromatic rings. The van der Waals surface area contributed by atoms with E-state index < -0.39 is 7.82 Å². The number of amides is 1. The van der Waals surface area contributed by atoms with Gasteiger partial charge in [-0.25, -0.2) is 4.57 Å². The molecule has 8 heteroatoms. The van der Waals surface area contributed by atoms with Crippen LogP contribution in [0.3, 0.4) is 0 Å². The molecule has 1 fully saturated rings. The van der Waals surface area contributed by atoms with Crippen molar-refractivity contribution in [1.29, 1.82) is 0 Å². The molecular weight excluding hydrogens is 487 g/mol. The molecule has 0 atom stereocenters. The lowest BCUT2D eigenvalue weighted by Crippen LogP contribution is -2.15. The fourth-order valence-corrected chi connectivity index (χ4v) is 5.30. The van der Waals surface area contributed by atoms with Crippen LogP contribution in [0.25, 0.3) is 0 Å². The Labute approximate surface area is 218 Å².